The van der Waals surface area contributed by atoms with E-state index in [4.69, 9.17) is 9.47 Å². The van der Waals surface area contributed by atoms with Crippen LogP contribution in [0.4, 0.5) is 9.18 Å². The third-order valence-electron chi connectivity index (χ3n) is 5.17. The van der Waals surface area contributed by atoms with Crippen molar-refractivity contribution in [3.05, 3.63) is 98.6 Å². The van der Waals surface area contributed by atoms with Crippen molar-refractivity contribution in [2.75, 3.05) is 13.7 Å². The molecule has 3 aromatic carbocycles. The Labute approximate surface area is 213 Å². The maximum Gasteiger partial charge on any atom is 0.293 e. The molecule has 6 nitrogen and oxygen atoms in total. The van der Waals surface area contributed by atoms with Gasteiger partial charge in [0.1, 0.15) is 12.4 Å². The number of thioether (sulfide) groups is 1. The minimum Gasteiger partial charge on any atom is -0.493 e. The average Bonchev–Trinajstić information content (AvgIpc) is 3.11. The molecule has 4 rings (SSSR count). The number of hydrogen-bond acceptors (Lipinski definition) is 6. The molecule has 1 fully saturated rings. The molecule has 1 aliphatic rings. The number of rotatable bonds is 8. The second-order valence-electron chi connectivity index (χ2n) is 7.49. The highest BCUT2D eigenvalue weighted by Gasteiger charge is 2.36. The lowest BCUT2D eigenvalue weighted by Gasteiger charge is -2.12. The quantitative estimate of drug-likeness (QED) is 0.247. The lowest BCUT2D eigenvalue weighted by Crippen LogP contribution is -2.33. The van der Waals surface area contributed by atoms with Gasteiger partial charge in [0.05, 0.1) is 18.6 Å². The number of benzene rings is 3. The summed E-state index contributed by atoms with van der Waals surface area (Å²) in [7, 11) is 1.47. The van der Waals surface area contributed by atoms with Crippen LogP contribution in [0.3, 0.4) is 0 Å². The second-order valence-corrected chi connectivity index (χ2v) is 9.40. The number of Topliss-reactive ketones (excluding diaryl/α,β-unsaturated/α-hetero) is 1. The summed E-state index contributed by atoms with van der Waals surface area (Å²) >= 11 is 4.07. The number of carbonyl (C=O) groups excluding carboxylic acids is 3. The lowest BCUT2D eigenvalue weighted by molar-refractivity contribution is -0.122. The topological polar surface area (TPSA) is 72.9 Å². The molecule has 3 aromatic rings. The maximum absolute atomic E-state index is 13.8. The molecule has 0 aliphatic carbocycles. The highest BCUT2D eigenvalue weighted by Crippen LogP contribution is 2.35. The highest BCUT2D eigenvalue weighted by molar-refractivity contribution is 9.10. The first kappa shape index (κ1) is 24.7. The first-order chi connectivity index (χ1) is 16.9. The van der Waals surface area contributed by atoms with Gasteiger partial charge in [-0.25, -0.2) is 4.39 Å². The maximum atomic E-state index is 13.8. The normalized spacial score (nSPS) is 14.5. The molecule has 35 heavy (non-hydrogen) atoms. The van der Waals surface area contributed by atoms with Gasteiger partial charge in [0.15, 0.2) is 17.3 Å². The minimum absolute atomic E-state index is 0.0215. The number of carbonyl (C=O) groups is 3. The molecule has 0 spiro atoms. The molecule has 9 heteroatoms. The zero-order valence-corrected chi connectivity index (χ0v) is 20.9. The van der Waals surface area contributed by atoms with Crippen LogP contribution >= 0.6 is 27.7 Å². The number of hydrogen-bond donors (Lipinski definition) is 0. The standard InChI is InChI=1S/C26H19BrFNO5S/c1-33-23-12-16(6-11-22(23)34-15-18-4-2-3-5-20(18)28)13-24-25(31)29(26(32)35-24)14-21(30)17-7-9-19(27)10-8-17/h2-13H,14-15H2,1H3/b24-13+. The molecular weight excluding hydrogens is 537 g/mol. The number of nitrogens with zero attached hydrogens (tertiary/aromatic N) is 1. The monoisotopic (exact) mass is 555 g/mol. The van der Waals surface area contributed by atoms with E-state index in [2.05, 4.69) is 15.9 Å². The van der Waals surface area contributed by atoms with Gasteiger partial charge in [0.25, 0.3) is 11.1 Å². The number of ketones is 1. The second kappa shape index (κ2) is 10.9. The van der Waals surface area contributed by atoms with Crippen molar-refractivity contribution < 1.29 is 28.2 Å². The van der Waals surface area contributed by atoms with Crippen LogP contribution in [0.1, 0.15) is 21.5 Å². The first-order valence-corrected chi connectivity index (χ1v) is 12.0. The Bertz CT molecular complexity index is 1330. The Morgan fingerprint density at radius 3 is 2.51 bits per heavy atom. The largest absolute Gasteiger partial charge is 0.493 e. The third kappa shape index (κ3) is 5.80. The molecule has 178 valence electrons. The Hall–Kier alpha value is -3.43. The average molecular weight is 556 g/mol. The van der Waals surface area contributed by atoms with Crippen molar-refractivity contribution in [3.63, 3.8) is 0 Å². The number of amides is 2. The van der Waals surface area contributed by atoms with E-state index in [0.29, 0.717) is 28.2 Å². The minimum atomic E-state index is -0.538. The zero-order chi connectivity index (χ0) is 24.9. The van der Waals surface area contributed by atoms with Crippen LogP contribution in [0.15, 0.2) is 76.1 Å². The molecule has 0 bridgehead atoms. The van der Waals surface area contributed by atoms with Crippen molar-refractivity contribution in [1.29, 1.82) is 0 Å². The van der Waals surface area contributed by atoms with Crippen molar-refractivity contribution in [2.45, 2.75) is 6.61 Å². The summed E-state index contributed by atoms with van der Waals surface area (Å²) in [5, 5.41) is -0.511. The number of ether oxygens (including phenoxy) is 2. The number of halogens is 2. The summed E-state index contributed by atoms with van der Waals surface area (Å²) < 4.78 is 25.8. The number of imide groups is 1. The molecule has 1 saturated heterocycles. The lowest BCUT2D eigenvalue weighted by atomic mass is 10.1. The third-order valence-corrected chi connectivity index (χ3v) is 6.60. The summed E-state index contributed by atoms with van der Waals surface area (Å²) in [6.45, 7) is -0.316. The molecule has 0 atom stereocenters. The molecule has 0 saturated carbocycles. The van der Waals surface area contributed by atoms with Gasteiger partial charge in [-0.3, -0.25) is 19.3 Å². The fraction of sp³-hybridized carbons (Fsp3) is 0.115. The van der Waals surface area contributed by atoms with Gasteiger partial charge in [-0.15, -0.1) is 0 Å². The van der Waals surface area contributed by atoms with Gasteiger partial charge in [0, 0.05) is 15.6 Å². The Kier molecular flexibility index (Phi) is 7.67. The van der Waals surface area contributed by atoms with Gasteiger partial charge in [-0.05, 0) is 53.7 Å². The molecule has 1 heterocycles. The van der Waals surface area contributed by atoms with Crippen LogP contribution in [0.25, 0.3) is 6.08 Å². The van der Waals surface area contributed by atoms with E-state index in [1.54, 1.807) is 66.7 Å². The summed E-state index contributed by atoms with van der Waals surface area (Å²) in [4.78, 5) is 38.9. The fourth-order valence-electron chi connectivity index (χ4n) is 3.32. The van der Waals surface area contributed by atoms with Crippen LogP contribution in [0.5, 0.6) is 11.5 Å². The van der Waals surface area contributed by atoms with Crippen molar-refractivity contribution in [1.82, 2.24) is 4.90 Å². The molecule has 0 N–H and O–H groups in total. The van der Waals surface area contributed by atoms with E-state index >= 15 is 0 Å². The van der Waals surface area contributed by atoms with Crippen LogP contribution in [0, 0.1) is 5.82 Å². The Morgan fingerprint density at radius 1 is 1.06 bits per heavy atom. The molecule has 1 aliphatic heterocycles. The predicted octanol–water partition coefficient (Wildman–Crippen LogP) is 6.10. The summed E-state index contributed by atoms with van der Waals surface area (Å²) in [5.41, 5.74) is 1.42. The first-order valence-electron chi connectivity index (χ1n) is 10.4. The Balaban J connectivity index is 1.47. The SMILES string of the molecule is COc1cc(/C=C2/SC(=O)N(CC(=O)c3ccc(Br)cc3)C2=O)ccc1OCc1ccccc1F. The molecule has 0 aromatic heterocycles. The summed E-state index contributed by atoms with van der Waals surface area (Å²) in [5.74, 6) is -0.443. The van der Waals surface area contributed by atoms with Gasteiger partial charge in [-0.1, -0.05) is 52.3 Å². The molecular formula is C26H19BrFNO5S. The van der Waals surface area contributed by atoms with Gasteiger partial charge in [-0.2, -0.15) is 0 Å². The van der Waals surface area contributed by atoms with Crippen LogP contribution in [-0.4, -0.2) is 35.5 Å². The fourth-order valence-corrected chi connectivity index (χ4v) is 4.43. The van der Waals surface area contributed by atoms with Crippen molar-refractivity contribution >= 4 is 50.7 Å². The predicted molar refractivity (Wildman–Crippen MR) is 135 cm³/mol. The van der Waals surface area contributed by atoms with E-state index in [0.717, 1.165) is 21.1 Å². The van der Waals surface area contributed by atoms with E-state index in [-0.39, 0.29) is 29.7 Å². The van der Waals surface area contributed by atoms with Gasteiger partial charge < -0.3 is 9.47 Å². The Morgan fingerprint density at radius 2 is 1.80 bits per heavy atom. The smallest absolute Gasteiger partial charge is 0.293 e. The van der Waals surface area contributed by atoms with Crippen molar-refractivity contribution in [3.8, 4) is 11.5 Å². The van der Waals surface area contributed by atoms with E-state index < -0.39 is 11.1 Å². The zero-order valence-electron chi connectivity index (χ0n) is 18.5. The van der Waals surface area contributed by atoms with Crippen LogP contribution < -0.4 is 9.47 Å². The summed E-state index contributed by atoms with van der Waals surface area (Å²) in [6, 6.07) is 18.0. The highest BCUT2D eigenvalue weighted by atomic mass is 79.9. The molecule has 2 amide bonds. The van der Waals surface area contributed by atoms with Crippen LogP contribution in [-0.2, 0) is 11.4 Å². The summed E-state index contributed by atoms with van der Waals surface area (Å²) in [6.07, 6.45) is 1.55. The molecule has 0 radical (unpaired) electrons. The van der Waals surface area contributed by atoms with Crippen molar-refractivity contribution in [2.24, 2.45) is 0 Å². The van der Waals surface area contributed by atoms with E-state index in [9.17, 15) is 18.8 Å². The van der Waals surface area contributed by atoms with E-state index in [1.807, 2.05) is 0 Å². The van der Waals surface area contributed by atoms with Gasteiger partial charge >= 0.3 is 0 Å². The van der Waals surface area contributed by atoms with Crippen LogP contribution in [0.2, 0.25) is 0 Å². The molecule has 0 unspecified atom stereocenters. The number of methoxy groups -OCH3 is 1. The van der Waals surface area contributed by atoms with Gasteiger partial charge in [0.2, 0.25) is 0 Å². The van der Waals surface area contributed by atoms with E-state index in [1.165, 1.54) is 13.2 Å².